The van der Waals surface area contributed by atoms with Gasteiger partial charge >= 0.3 is 0 Å². The van der Waals surface area contributed by atoms with Crippen molar-refractivity contribution in [3.05, 3.63) is 151 Å². The molecule has 1 aliphatic heterocycles. The van der Waals surface area contributed by atoms with Crippen molar-refractivity contribution in [2.24, 2.45) is 0 Å². The molecule has 1 saturated heterocycles. The molecule has 5 aromatic carbocycles. The molecule has 2 heterocycles. The second kappa shape index (κ2) is 15.2. The number of thiazole rings is 1. The van der Waals surface area contributed by atoms with Gasteiger partial charge in [-0.25, -0.2) is 4.98 Å². The van der Waals surface area contributed by atoms with Crippen LogP contribution in [0.1, 0.15) is 38.2 Å². The summed E-state index contributed by atoms with van der Waals surface area (Å²) >= 11 is 14.2. The number of nitrogens with zero attached hydrogens (tertiary/aromatic N) is 4. The van der Waals surface area contributed by atoms with Crippen molar-refractivity contribution in [1.82, 2.24) is 4.98 Å². The maximum Gasteiger partial charge on any atom is 0.283 e. The van der Waals surface area contributed by atoms with E-state index in [4.69, 9.17) is 23.8 Å². The van der Waals surface area contributed by atoms with Gasteiger partial charge in [0.2, 0.25) is 0 Å². The van der Waals surface area contributed by atoms with Crippen molar-refractivity contribution in [2.75, 3.05) is 15.1 Å². The summed E-state index contributed by atoms with van der Waals surface area (Å²) < 4.78 is 1.32. The number of carbonyl (C=O) groups excluding carboxylic acids is 3. The number of halogens is 1. The van der Waals surface area contributed by atoms with Gasteiger partial charge in [0.25, 0.3) is 23.4 Å². The highest BCUT2D eigenvalue weighted by Crippen LogP contribution is 2.40. The molecule has 0 unspecified atom stereocenters. The first-order valence-corrected chi connectivity index (χ1v) is 19.2. The fraction of sp³-hybridized carbons (Fsp3) is 0.0976. The fourth-order valence-corrected chi connectivity index (χ4v) is 8.51. The molecule has 1 aromatic heterocycles. The summed E-state index contributed by atoms with van der Waals surface area (Å²) in [5, 5.41) is 15.8. The lowest BCUT2D eigenvalue weighted by Gasteiger charge is -2.37. The number of thiocarbonyl (C=S) groups is 1. The zero-order valence-corrected chi connectivity index (χ0v) is 33.0. The smallest absolute Gasteiger partial charge is 0.283 e. The van der Waals surface area contributed by atoms with Gasteiger partial charge in [-0.3, -0.25) is 34.3 Å². The van der Waals surface area contributed by atoms with Crippen LogP contribution in [0.5, 0.6) is 0 Å². The van der Waals surface area contributed by atoms with Crippen LogP contribution in [0.15, 0.2) is 112 Å². The zero-order valence-electron chi connectivity index (χ0n) is 29.7. The molecule has 1 aliphatic rings. The van der Waals surface area contributed by atoms with Gasteiger partial charge in [-0.2, -0.15) is 0 Å². The van der Waals surface area contributed by atoms with Gasteiger partial charge in [-0.1, -0.05) is 41.6 Å². The first-order chi connectivity index (χ1) is 26.3. The van der Waals surface area contributed by atoms with Crippen LogP contribution in [-0.4, -0.2) is 32.7 Å². The van der Waals surface area contributed by atoms with Crippen LogP contribution < -0.4 is 15.1 Å². The lowest BCUT2D eigenvalue weighted by Crippen LogP contribution is -2.57. The number of carbonyl (C=O) groups is 3. The first-order valence-electron chi connectivity index (χ1n) is 16.8. The summed E-state index contributed by atoms with van der Waals surface area (Å²) in [6.45, 7) is 7.76. The molecule has 1 fully saturated rings. The molecule has 6 aromatic rings. The zero-order chi connectivity index (χ0) is 39.1. The minimum atomic E-state index is -0.641. The molecule has 10 nitrogen and oxygen atoms in total. The number of aromatic nitrogens is 1. The Balaban J connectivity index is 1.20. The van der Waals surface area contributed by atoms with Crippen molar-refractivity contribution < 1.29 is 19.3 Å². The average molecular weight is 804 g/mol. The van der Waals surface area contributed by atoms with Crippen LogP contribution in [0.2, 0.25) is 5.02 Å². The number of nitro benzene ring substituents is 1. The van der Waals surface area contributed by atoms with Crippen molar-refractivity contribution in [1.29, 1.82) is 0 Å². The molecule has 7 rings (SSSR count). The number of nitrogens with one attached hydrogen (secondary N) is 1. The molecule has 274 valence electrons. The van der Waals surface area contributed by atoms with Gasteiger partial charge in [0.1, 0.15) is 5.57 Å². The standard InChI is InChI=1S/C41H30ClN5O5S3/c1-22-5-13-30(17-24(22)3)45-38(49)32(39(50)46(41(45)53)31-14-6-23(2)25(4)18-31)19-26-7-16-35(34(20-26)47(51)52)54-40-44-33-15-12-29(21-36(33)55-40)43-37(48)27-8-10-28(42)11-9-27/h5-21H,1-4H3,(H,43,48). The van der Waals surface area contributed by atoms with Crippen LogP contribution in [0.4, 0.5) is 22.7 Å². The van der Waals surface area contributed by atoms with Crippen molar-refractivity contribution >= 4 is 109 Å². The quantitative estimate of drug-likeness (QED) is 0.0530. The summed E-state index contributed by atoms with van der Waals surface area (Å²) in [5.41, 5.74) is 6.45. The number of aryl methyl sites for hydroxylation is 4. The topological polar surface area (TPSA) is 126 Å². The normalized spacial score (nSPS) is 13.1. The number of anilines is 3. The third kappa shape index (κ3) is 7.64. The summed E-state index contributed by atoms with van der Waals surface area (Å²) in [6, 6.07) is 27.3. The van der Waals surface area contributed by atoms with Gasteiger partial charge < -0.3 is 5.32 Å². The molecule has 14 heteroatoms. The Labute approximate surface area is 334 Å². The number of hydrogen-bond donors (Lipinski definition) is 1. The Kier molecular flexibility index (Phi) is 10.4. The summed E-state index contributed by atoms with van der Waals surface area (Å²) in [5.74, 6) is -1.58. The minimum absolute atomic E-state index is 0.00303. The van der Waals surface area contributed by atoms with Crippen LogP contribution >= 0.6 is 46.9 Å². The van der Waals surface area contributed by atoms with Crippen molar-refractivity contribution in [3.8, 4) is 0 Å². The van der Waals surface area contributed by atoms with Crippen LogP contribution in [0, 0.1) is 37.8 Å². The van der Waals surface area contributed by atoms with E-state index in [-0.39, 0.29) is 27.8 Å². The molecule has 0 radical (unpaired) electrons. The highest BCUT2D eigenvalue weighted by Gasteiger charge is 2.41. The van der Waals surface area contributed by atoms with Gasteiger partial charge in [0.05, 0.1) is 31.4 Å². The minimum Gasteiger partial charge on any atom is -0.322 e. The molecule has 0 atom stereocenters. The largest absolute Gasteiger partial charge is 0.322 e. The summed E-state index contributed by atoms with van der Waals surface area (Å²) in [4.78, 5) is 60.6. The van der Waals surface area contributed by atoms with Crippen LogP contribution in [0.3, 0.4) is 0 Å². The summed E-state index contributed by atoms with van der Waals surface area (Å²) in [7, 11) is 0. The van der Waals surface area contributed by atoms with Crippen LogP contribution in [0.25, 0.3) is 16.3 Å². The molecule has 3 amide bonds. The van der Waals surface area contributed by atoms with Crippen LogP contribution in [-0.2, 0) is 9.59 Å². The number of nitro groups is 1. The third-order valence-corrected chi connectivity index (χ3v) is 11.9. The molecule has 0 aliphatic carbocycles. The van der Waals surface area contributed by atoms with E-state index in [1.807, 2.05) is 52.0 Å². The number of fused-ring (bicyclic) bond motifs is 1. The van der Waals surface area contributed by atoms with Gasteiger partial charge in [0.15, 0.2) is 9.45 Å². The molecule has 1 N–H and O–H groups in total. The first kappa shape index (κ1) is 37.6. The lowest BCUT2D eigenvalue weighted by molar-refractivity contribution is -0.387. The number of rotatable bonds is 8. The van der Waals surface area contributed by atoms with E-state index in [0.29, 0.717) is 42.4 Å². The second-order valence-corrected chi connectivity index (χ2v) is 16.0. The molecule has 0 bridgehead atoms. The van der Waals surface area contributed by atoms with Gasteiger partial charge in [-0.15, -0.1) is 11.3 Å². The van der Waals surface area contributed by atoms with E-state index in [2.05, 4.69) is 10.3 Å². The Bertz CT molecular complexity index is 2560. The molecular weight excluding hydrogens is 774 g/mol. The van der Waals surface area contributed by atoms with E-state index >= 15 is 0 Å². The number of amides is 3. The highest BCUT2D eigenvalue weighted by atomic mass is 35.5. The fourth-order valence-electron chi connectivity index (χ4n) is 5.86. The Morgan fingerprint density at radius 3 is 2.04 bits per heavy atom. The SMILES string of the molecule is Cc1ccc(N2C(=O)C(=Cc3ccc(Sc4nc5ccc(NC(=O)c6ccc(Cl)cc6)cc5s4)c([N+](=O)[O-])c3)C(=O)N(c3ccc(C)c(C)c3)C2=S)cc1C. The van der Waals surface area contributed by atoms with E-state index < -0.39 is 16.7 Å². The summed E-state index contributed by atoms with van der Waals surface area (Å²) in [6.07, 6.45) is 1.37. The van der Waals surface area contributed by atoms with E-state index in [0.717, 1.165) is 38.7 Å². The molecule has 0 saturated carbocycles. The Morgan fingerprint density at radius 2 is 1.45 bits per heavy atom. The molecule has 0 spiro atoms. The third-order valence-electron chi connectivity index (χ3n) is 9.17. The Morgan fingerprint density at radius 1 is 0.836 bits per heavy atom. The maximum atomic E-state index is 14.2. The monoisotopic (exact) mass is 803 g/mol. The van der Waals surface area contributed by atoms with E-state index in [1.54, 1.807) is 66.7 Å². The van der Waals surface area contributed by atoms with Crippen molar-refractivity contribution in [2.45, 2.75) is 36.9 Å². The van der Waals surface area contributed by atoms with Crippen molar-refractivity contribution in [3.63, 3.8) is 0 Å². The highest BCUT2D eigenvalue weighted by molar-refractivity contribution is 8.01. The second-order valence-electron chi connectivity index (χ2n) is 12.9. The molecule has 55 heavy (non-hydrogen) atoms. The lowest BCUT2D eigenvalue weighted by atomic mass is 10.0. The number of benzene rings is 5. The van der Waals surface area contributed by atoms with E-state index in [9.17, 15) is 24.5 Å². The predicted octanol–water partition coefficient (Wildman–Crippen LogP) is 10.2. The van der Waals surface area contributed by atoms with Gasteiger partial charge in [-0.05, 0) is 147 Å². The Hall–Kier alpha value is -5.73. The predicted molar refractivity (Wildman–Crippen MR) is 224 cm³/mol. The average Bonchev–Trinajstić information content (AvgIpc) is 3.55. The van der Waals surface area contributed by atoms with Gasteiger partial charge in [0, 0.05) is 22.3 Å². The number of hydrogen-bond acceptors (Lipinski definition) is 9. The van der Waals surface area contributed by atoms with E-state index in [1.165, 1.54) is 33.3 Å². The molecular formula is C41H30ClN5O5S3. The maximum absolute atomic E-state index is 14.2.